The van der Waals surface area contributed by atoms with Gasteiger partial charge >= 0.3 is 0 Å². The van der Waals surface area contributed by atoms with Gasteiger partial charge in [0.05, 0.1) is 6.61 Å². The Hall–Kier alpha value is -2.57. The third-order valence-corrected chi connectivity index (χ3v) is 3.26. The van der Waals surface area contributed by atoms with E-state index in [1.807, 2.05) is 0 Å². The summed E-state index contributed by atoms with van der Waals surface area (Å²) in [5.41, 5.74) is 6.28. The third kappa shape index (κ3) is 2.81. The van der Waals surface area contributed by atoms with Gasteiger partial charge < -0.3 is 15.4 Å². The lowest BCUT2D eigenvalue weighted by atomic mass is 10.1. The zero-order chi connectivity index (χ0) is 15.6. The van der Waals surface area contributed by atoms with Crippen LogP contribution in [-0.4, -0.2) is 41.8 Å². The maximum Gasteiger partial charge on any atom is 0.260 e. The van der Waals surface area contributed by atoms with Crippen LogP contribution in [-0.2, 0) is 9.59 Å². The number of rotatable bonds is 3. The maximum atomic E-state index is 12.7. The lowest BCUT2D eigenvalue weighted by Crippen LogP contribution is -2.58. The predicted octanol–water partition coefficient (Wildman–Crippen LogP) is 0.155. The zero-order valence-corrected chi connectivity index (χ0v) is 11.9. The molecule has 21 heavy (non-hydrogen) atoms. The standard InChI is InChI=1S/C14H17N3O4/c1-3-21-10-6-4-5-9(15)12(10)14(20)17-7-11(18)16-13(19)8(17)2/h4-6,8H,3,7,15H2,1-2H3,(H,16,18,19). The topological polar surface area (TPSA) is 102 Å². The van der Waals surface area contributed by atoms with E-state index >= 15 is 0 Å². The average molecular weight is 291 g/mol. The number of benzene rings is 1. The van der Waals surface area contributed by atoms with Gasteiger partial charge in [0.25, 0.3) is 5.91 Å². The number of ether oxygens (including phenoxy) is 1. The molecule has 1 aromatic carbocycles. The van der Waals surface area contributed by atoms with Gasteiger partial charge in [-0.2, -0.15) is 0 Å². The van der Waals surface area contributed by atoms with Crippen molar-refractivity contribution < 1.29 is 19.1 Å². The Morgan fingerprint density at radius 3 is 2.86 bits per heavy atom. The van der Waals surface area contributed by atoms with Crippen LogP contribution in [0.25, 0.3) is 0 Å². The molecule has 0 saturated carbocycles. The molecule has 3 amide bonds. The van der Waals surface area contributed by atoms with Gasteiger partial charge in [0.2, 0.25) is 11.8 Å². The van der Waals surface area contributed by atoms with Gasteiger partial charge in [-0.1, -0.05) is 6.07 Å². The van der Waals surface area contributed by atoms with Crippen molar-refractivity contribution in [3.05, 3.63) is 23.8 Å². The second-order valence-electron chi connectivity index (χ2n) is 4.67. The van der Waals surface area contributed by atoms with Crippen molar-refractivity contribution in [3.63, 3.8) is 0 Å². The molecule has 0 aliphatic carbocycles. The average Bonchev–Trinajstić information content (AvgIpc) is 2.43. The summed E-state index contributed by atoms with van der Waals surface area (Å²) in [6, 6.07) is 4.13. The number of imide groups is 1. The minimum Gasteiger partial charge on any atom is -0.493 e. The van der Waals surface area contributed by atoms with Gasteiger partial charge in [-0.3, -0.25) is 19.7 Å². The van der Waals surface area contributed by atoms with E-state index in [9.17, 15) is 14.4 Å². The van der Waals surface area contributed by atoms with E-state index in [-0.39, 0.29) is 17.8 Å². The molecule has 2 rings (SSSR count). The summed E-state index contributed by atoms with van der Waals surface area (Å²) in [7, 11) is 0. The van der Waals surface area contributed by atoms with Crippen molar-refractivity contribution in [1.29, 1.82) is 0 Å². The number of hydrogen-bond donors (Lipinski definition) is 2. The van der Waals surface area contributed by atoms with Gasteiger partial charge in [-0.05, 0) is 26.0 Å². The lowest BCUT2D eigenvalue weighted by Gasteiger charge is -2.32. The second-order valence-corrected chi connectivity index (χ2v) is 4.67. The first-order valence-electron chi connectivity index (χ1n) is 6.61. The van der Waals surface area contributed by atoms with E-state index in [1.165, 1.54) is 4.90 Å². The van der Waals surface area contributed by atoms with Gasteiger partial charge in [-0.25, -0.2) is 0 Å². The molecule has 0 bridgehead atoms. The number of hydrogen-bond acceptors (Lipinski definition) is 5. The third-order valence-electron chi connectivity index (χ3n) is 3.26. The van der Waals surface area contributed by atoms with Crippen molar-refractivity contribution in [3.8, 4) is 5.75 Å². The largest absolute Gasteiger partial charge is 0.493 e. The number of nitrogen functional groups attached to an aromatic ring is 1. The van der Waals surface area contributed by atoms with Crippen LogP contribution in [0.3, 0.4) is 0 Å². The van der Waals surface area contributed by atoms with E-state index < -0.39 is 23.8 Å². The normalized spacial score (nSPS) is 18.4. The van der Waals surface area contributed by atoms with Crippen LogP contribution < -0.4 is 15.8 Å². The van der Waals surface area contributed by atoms with Crippen molar-refractivity contribution in [2.45, 2.75) is 19.9 Å². The molecule has 1 atom stereocenters. The van der Waals surface area contributed by atoms with Gasteiger partial charge in [-0.15, -0.1) is 0 Å². The van der Waals surface area contributed by atoms with Gasteiger partial charge in [0.1, 0.15) is 23.9 Å². The maximum absolute atomic E-state index is 12.7. The second kappa shape index (κ2) is 5.82. The molecule has 7 nitrogen and oxygen atoms in total. The number of nitrogens with one attached hydrogen (secondary N) is 1. The van der Waals surface area contributed by atoms with Crippen molar-refractivity contribution >= 4 is 23.4 Å². The lowest BCUT2D eigenvalue weighted by molar-refractivity contribution is -0.138. The van der Waals surface area contributed by atoms with E-state index in [1.54, 1.807) is 32.0 Å². The highest BCUT2D eigenvalue weighted by Crippen LogP contribution is 2.27. The fraction of sp³-hybridized carbons (Fsp3) is 0.357. The molecule has 1 heterocycles. The number of piperazine rings is 1. The number of nitrogens with two attached hydrogens (primary N) is 1. The Kier molecular flexibility index (Phi) is 4.11. The number of nitrogens with zero attached hydrogens (tertiary/aromatic N) is 1. The summed E-state index contributed by atoms with van der Waals surface area (Å²) in [5, 5.41) is 2.19. The Bertz CT molecular complexity index is 600. The summed E-state index contributed by atoms with van der Waals surface area (Å²) in [6.45, 7) is 3.53. The minimum absolute atomic E-state index is 0.175. The van der Waals surface area contributed by atoms with E-state index in [0.29, 0.717) is 12.4 Å². The van der Waals surface area contributed by atoms with Crippen LogP contribution in [0.4, 0.5) is 5.69 Å². The smallest absolute Gasteiger partial charge is 0.260 e. The highest BCUT2D eigenvalue weighted by molar-refractivity contribution is 6.09. The molecule has 1 saturated heterocycles. The Labute approximate surface area is 122 Å². The first-order chi connectivity index (χ1) is 9.95. The van der Waals surface area contributed by atoms with Crippen LogP contribution in [0.5, 0.6) is 5.75 Å². The number of carbonyl (C=O) groups is 3. The fourth-order valence-electron chi connectivity index (χ4n) is 2.16. The Balaban J connectivity index is 2.39. The Morgan fingerprint density at radius 1 is 1.48 bits per heavy atom. The van der Waals surface area contributed by atoms with Crippen molar-refractivity contribution in [1.82, 2.24) is 10.2 Å². The molecule has 0 spiro atoms. The molecular weight excluding hydrogens is 274 g/mol. The molecule has 112 valence electrons. The fourth-order valence-corrected chi connectivity index (χ4v) is 2.16. The highest BCUT2D eigenvalue weighted by Gasteiger charge is 2.35. The van der Waals surface area contributed by atoms with Crippen molar-refractivity contribution in [2.75, 3.05) is 18.9 Å². The SMILES string of the molecule is CCOc1cccc(N)c1C(=O)N1CC(=O)NC(=O)C1C. The molecular formula is C14H17N3O4. The molecule has 1 aromatic rings. The molecule has 1 aliphatic heterocycles. The van der Waals surface area contributed by atoms with E-state index in [4.69, 9.17) is 10.5 Å². The molecule has 1 aliphatic rings. The van der Waals surface area contributed by atoms with E-state index in [0.717, 1.165) is 0 Å². The van der Waals surface area contributed by atoms with Crippen LogP contribution in [0.15, 0.2) is 18.2 Å². The van der Waals surface area contributed by atoms with E-state index in [2.05, 4.69) is 5.32 Å². The van der Waals surface area contributed by atoms with Crippen LogP contribution >= 0.6 is 0 Å². The molecule has 0 radical (unpaired) electrons. The number of carbonyl (C=O) groups excluding carboxylic acids is 3. The molecule has 1 fully saturated rings. The molecule has 0 aromatic heterocycles. The molecule has 7 heteroatoms. The van der Waals surface area contributed by atoms with Crippen LogP contribution in [0, 0.1) is 0 Å². The first kappa shape index (κ1) is 14.8. The van der Waals surface area contributed by atoms with Crippen LogP contribution in [0.2, 0.25) is 0 Å². The quantitative estimate of drug-likeness (QED) is 0.610. The number of anilines is 1. The zero-order valence-electron chi connectivity index (χ0n) is 11.9. The summed E-state index contributed by atoms with van der Waals surface area (Å²) in [6.07, 6.45) is 0. The summed E-state index contributed by atoms with van der Waals surface area (Å²) < 4.78 is 5.41. The Morgan fingerprint density at radius 2 is 2.19 bits per heavy atom. The predicted molar refractivity (Wildman–Crippen MR) is 75.7 cm³/mol. The van der Waals surface area contributed by atoms with Crippen molar-refractivity contribution in [2.24, 2.45) is 0 Å². The molecule has 3 N–H and O–H groups in total. The summed E-state index contributed by atoms with van der Waals surface area (Å²) in [5.74, 6) is -1.17. The number of amides is 3. The van der Waals surface area contributed by atoms with Crippen LogP contribution in [0.1, 0.15) is 24.2 Å². The minimum atomic E-state index is -0.746. The highest BCUT2D eigenvalue weighted by atomic mass is 16.5. The first-order valence-corrected chi connectivity index (χ1v) is 6.61. The van der Waals surface area contributed by atoms with Gasteiger partial charge in [0, 0.05) is 5.69 Å². The summed E-state index contributed by atoms with van der Waals surface area (Å²) >= 11 is 0. The van der Waals surface area contributed by atoms with Gasteiger partial charge in [0.15, 0.2) is 0 Å². The summed E-state index contributed by atoms with van der Waals surface area (Å²) in [4.78, 5) is 37.0. The molecule has 1 unspecified atom stereocenters. The monoisotopic (exact) mass is 291 g/mol.